The molecule has 4 heteroatoms. The van der Waals surface area contributed by atoms with E-state index in [2.05, 4.69) is 6.92 Å². The van der Waals surface area contributed by atoms with Gasteiger partial charge in [0.05, 0.1) is 12.2 Å². The normalized spacial score (nSPS) is 44.2. The van der Waals surface area contributed by atoms with Crippen LogP contribution in [0.4, 0.5) is 8.78 Å². The molecular formula is C15H24F2O2. The monoisotopic (exact) mass is 274 g/mol. The van der Waals surface area contributed by atoms with E-state index in [9.17, 15) is 8.78 Å². The van der Waals surface area contributed by atoms with Crippen molar-refractivity contribution in [2.24, 2.45) is 17.3 Å². The van der Waals surface area contributed by atoms with Gasteiger partial charge >= 0.3 is 0 Å². The number of hydrogen-bond acceptors (Lipinski definition) is 2. The molecule has 110 valence electrons. The van der Waals surface area contributed by atoms with Gasteiger partial charge in [-0.1, -0.05) is 0 Å². The first-order chi connectivity index (χ1) is 9.05. The van der Waals surface area contributed by atoms with E-state index in [1.54, 1.807) is 0 Å². The van der Waals surface area contributed by atoms with E-state index in [-0.39, 0.29) is 11.0 Å². The molecule has 2 atom stereocenters. The van der Waals surface area contributed by atoms with Crippen LogP contribution in [0, 0.1) is 17.3 Å². The molecule has 4 saturated carbocycles. The van der Waals surface area contributed by atoms with Crippen LogP contribution in [0.1, 0.15) is 45.4 Å². The summed E-state index contributed by atoms with van der Waals surface area (Å²) in [5, 5.41) is 0. The van der Waals surface area contributed by atoms with Crippen molar-refractivity contribution in [2.75, 3.05) is 19.8 Å². The van der Waals surface area contributed by atoms with Crippen LogP contribution in [0.2, 0.25) is 0 Å². The lowest BCUT2D eigenvalue weighted by atomic mass is 9.48. The van der Waals surface area contributed by atoms with Gasteiger partial charge in [0.15, 0.2) is 0 Å². The Hall–Kier alpha value is -0.220. The minimum atomic E-state index is -2.35. The van der Waals surface area contributed by atoms with E-state index < -0.39 is 13.0 Å². The van der Waals surface area contributed by atoms with Gasteiger partial charge in [0.25, 0.3) is 6.43 Å². The minimum absolute atomic E-state index is 0.0347. The van der Waals surface area contributed by atoms with Crippen molar-refractivity contribution in [1.29, 1.82) is 0 Å². The third-order valence-corrected chi connectivity index (χ3v) is 5.23. The fourth-order valence-corrected chi connectivity index (χ4v) is 5.37. The summed E-state index contributed by atoms with van der Waals surface area (Å²) in [5.41, 5.74) is 0.154. The Labute approximate surface area is 113 Å². The molecule has 0 aromatic carbocycles. The van der Waals surface area contributed by atoms with E-state index in [4.69, 9.17) is 9.47 Å². The van der Waals surface area contributed by atoms with Gasteiger partial charge in [0.1, 0.15) is 6.61 Å². The summed E-state index contributed by atoms with van der Waals surface area (Å²) >= 11 is 0. The maximum absolute atomic E-state index is 12.2. The summed E-state index contributed by atoms with van der Waals surface area (Å²) in [6.45, 7) is 2.89. The van der Waals surface area contributed by atoms with E-state index in [1.807, 2.05) is 0 Å². The molecule has 2 nitrogen and oxygen atoms in total. The lowest BCUT2D eigenvalue weighted by Gasteiger charge is -2.61. The minimum Gasteiger partial charge on any atom is -0.375 e. The maximum atomic E-state index is 12.2. The van der Waals surface area contributed by atoms with Gasteiger partial charge in [-0.3, -0.25) is 0 Å². The molecule has 4 aliphatic carbocycles. The van der Waals surface area contributed by atoms with Crippen LogP contribution < -0.4 is 0 Å². The van der Waals surface area contributed by atoms with Crippen LogP contribution in [0.15, 0.2) is 0 Å². The van der Waals surface area contributed by atoms with Gasteiger partial charge < -0.3 is 9.47 Å². The second-order valence-corrected chi connectivity index (χ2v) is 6.98. The van der Waals surface area contributed by atoms with E-state index in [0.29, 0.717) is 6.61 Å². The first-order valence-corrected chi connectivity index (χ1v) is 7.55. The molecule has 0 aromatic heterocycles. The summed E-state index contributed by atoms with van der Waals surface area (Å²) in [6, 6.07) is 0. The first-order valence-electron chi connectivity index (χ1n) is 7.55. The van der Waals surface area contributed by atoms with Crippen LogP contribution in [0.3, 0.4) is 0 Å². The summed E-state index contributed by atoms with van der Waals surface area (Å²) in [4.78, 5) is 0. The molecule has 0 saturated heterocycles. The molecule has 4 fully saturated rings. The molecule has 4 aliphatic rings. The van der Waals surface area contributed by atoms with Gasteiger partial charge in [-0.25, -0.2) is 8.78 Å². The molecule has 4 rings (SSSR count). The van der Waals surface area contributed by atoms with E-state index in [1.165, 1.54) is 19.3 Å². The van der Waals surface area contributed by atoms with Gasteiger partial charge in [-0.15, -0.1) is 0 Å². The number of halogens is 2. The molecular weight excluding hydrogens is 250 g/mol. The smallest absolute Gasteiger partial charge is 0.261 e. The summed E-state index contributed by atoms with van der Waals surface area (Å²) in [6.07, 6.45) is 4.63. The molecule has 0 aromatic rings. The lowest BCUT2D eigenvalue weighted by molar-refractivity contribution is -0.205. The third-order valence-electron chi connectivity index (χ3n) is 5.23. The van der Waals surface area contributed by atoms with E-state index >= 15 is 0 Å². The number of ether oxygens (including phenoxy) is 2. The number of hydrogen-bond donors (Lipinski definition) is 0. The Morgan fingerprint density at radius 1 is 1.16 bits per heavy atom. The fraction of sp³-hybridized carbons (Fsp3) is 1.00. The zero-order chi connectivity index (χ0) is 13.5. The zero-order valence-corrected chi connectivity index (χ0v) is 11.7. The van der Waals surface area contributed by atoms with Crippen molar-refractivity contribution in [3.63, 3.8) is 0 Å². The van der Waals surface area contributed by atoms with Crippen LogP contribution in [0.5, 0.6) is 0 Å². The molecule has 4 bridgehead atoms. The van der Waals surface area contributed by atoms with E-state index in [0.717, 1.165) is 37.7 Å². The average molecular weight is 274 g/mol. The van der Waals surface area contributed by atoms with Gasteiger partial charge in [-0.05, 0) is 62.7 Å². The van der Waals surface area contributed by atoms with Crippen LogP contribution >= 0.6 is 0 Å². The molecule has 19 heavy (non-hydrogen) atoms. The Balaban J connectivity index is 1.68. The highest BCUT2D eigenvalue weighted by Gasteiger charge is 2.58. The SMILES string of the molecule is CCOC12CC3CC(CC(COCC(F)F)(C3)C1)C2. The standard InChI is InChI=1S/C15H24F2O2/c1-2-19-15-6-11-3-12(7-15)5-14(4-11,9-15)10-18-8-13(16)17/h11-13H,2-10H2,1H3. The first kappa shape index (κ1) is 13.7. The third kappa shape index (κ3) is 2.66. The molecule has 0 amide bonds. The fourth-order valence-electron chi connectivity index (χ4n) is 5.37. The second kappa shape index (κ2) is 4.96. The molecule has 0 radical (unpaired) electrons. The second-order valence-electron chi connectivity index (χ2n) is 6.98. The zero-order valence-electron chi connectivity index (χ0n) is 11.7. The van der Waals surface area contributed by atoms with Crippen LogP contribution in [-0.4, -0.2) is 31.8 Å². The summed E-state index contributed by atoms with van der Waals surface area (Å²) in [5.74, 6) is 1.45. The lowest BCUT2D eigenvalue weighted by Crippen LogP contribution is -2.58. The highest BCUT2D eigenvalue weighted by Crippen LogP contribution is 2.62. The maximum Gasteiger partial charge on any atom is 0.261 e. The van der Waals surface area contributed by atoms with Gasteiger partial charge in [0.2, 0.25) is 0 Å². The highest BCUT2D eigenvalue weighted by molar-refractivity contribution is 5.09. The largest absolute Gasteiger partial charge is 0.375 e. The Morgan fingerprint density at radius 2 is 1.84 bits per heavy atom. The molecule has 2 unspecified atom stereocenters. The number of rotatable bonds is 6. The van der Waals surface area contributed by atoms with Gasteiger partial charge in [-0.2, -0.15) is 0 Å². The van der Waals surface area contributed by atoms with Crippen molar-refractivity contribution >= 4 is 0 Å². The molecule has 0 heterocycles. The molecule has 0 aliphatic heterocycles. The summed E-state index contributed by atoms with van der Waals surface area (Å²) in [7, 11) is 0. The Morgan fingerprint density at radius 3 is 2.42 bits per heavy atom. The van der Waals surface area contributed by atoms with Crippen molar-refractivity contribution in [2.45, 2.75) is 57.5 Å². The van der Waals surface area contributed by atoms with Crippen molar-refractivity contribution in [3.8, 4) is 0 Å². The van der Waals surface area contributed by atoms with Gasteiger partial charge in [0, 0.05) is 6.61 Å². The quantitative estimate of drug-likeness (QED) is 0.736. The highest BCUT2D eigenvalue weighted by atomic mass is 19.3. The Bertz CT molecular complexity index is 318. The predicted molar refractivity (Wildman–Crippen MR) is 68.3 cm³/mol. The van der Waals surface area contributed by atoms with Crippen LogP contribution in [-0.2, 0) is 9.47 Å². The predicted octanol–water partition coefficient (Wildman–Crippen LogP) is 3.64. The average Bonchev–Trinajstić information content (AvgIpc) is 2.25. The van der Waals surface area contributed by atoms with Crippen LogP contribution in [0.25, 0.3) is 0 Å². The molecule has 0 spiro atoms. The Kier molecular flexibility index (Phi) is 3.59. The van der Waals surface area contributed by atoms with Crippen molar-refractivity contribution < 1.29 is 18.3 Å². The molecule has 0 N–H and O–H groups in total. The van der Waals surface area contributed by atoms with Crippen molar-refractivity contribution in [1.82, 2.24) is 0 Å². The topological polar surface area (TPSA) is 18.5 Å². The summed E-state index contributed by atoms with van der Waals surface area (Å²) < 4.78 is 35.9. The number of alkyl halides is 2. The van der Waals surface area contributed by atoms with Crippen molar-refractivity contribution in [3.05, 3.63) is 0 Å².